The summed E-state index contributed by atoms with van der Waals surface area (Å²) in [6, 6.07) is 0. The quantitative estimate of drug-likeness (QED) is 0.389. The van der Waals surface area contributed by atoms with Gasteiger partial charge in [0.05, 0.1) is 12.7 Å². The van der Waals surface area contributed by atoms with E-state index in [9.17, 15) is 9.59 Å². The second-order valence-corrected chi connectivity index (χ2v) is 2.79. The van der Waals surface area contributed by atoms with Gasteiger partial charge in [-0.05, 0) is 13.0 Å². The van der Waals surface area contributed by atoms with E-state index in [1.807, 2.05) is 11.7 Å². The van der Waals surface area contributed by atoms with Crippen LogP contribution in [0.15, 0.2) is 11.6 Å². The Morgan fingerprint density at radius 3 is 2.91 bits per heavy atom. The van der Waals surface area contributed by atoms with E-state index in [1.165, 1.54) is 0 Å². The molecule has 0 bridgehead atoms. The van der Waals surface area contributed by atoms with Gasteiger partial charge in [-0.25, -0.2) is 0 Å². The fraction of sp³-hybridized carbons (Fsp3) is 0.429. The lowest BCUT2D eigenvalue weighted by Gasteiger charge is -2.21. The molecule has 0 unspecified atom stereocenters. The monoisotopic (exact) mass is 151 g/mol. The van der Waals surface area contributed by atoms with E-state index in [0.29, 0.717) is 14.0 Å². The van der Waals surface area contributed by atoms with Crippen LogP contribution in [0.5, 0.6) is 0 Å². The molecular weight excluding hydrogens is 141 g/mol. The molecule has 4 heteroatoms. The predicted molar refractivity (Wildman–Crippen MR) is 44.2 cm³/mol. The van der Waals surface area contributed by atoms with Crippen LogP contribution in [0.1, 0.15) is 6.92 Å². The highest BCUT2D eigenvalue weighted by Crippen LogP contribution is 2.03. The summed E-state index contributed by atoms with van der Waals surface area (Å²) in [6.45, 7) is 3.02. The Hall–Kier alpha value is -0.895. The van der Waals surface area contributed by atoms with Gasteiger partial charge in [-0.15, -0.1) is 0 Å². The maximum Gasteiger partial charge on any atom is 0.281 e. The fourth-order valence-corrected chi connectivity index (χ4v) is 1.23. The summed E-state index contributed by atoms with van der Waals surface area (Å²) in [5.74, 6) is 0.0931. The van der Waals surface area contributed by atoms with Crippen LogP contribution >= 0.6 is 0 Å². The van der Waals surface area contributed by atoms with Gasteiger partial charge in [-0.1, -0.05) is 5.57 Å². The predicted octanol–water partition coefficient (Wildman–Crippen LogP) is -0.641. The SMILES string of the molecule is CC1=CC(=O)CN(BC=O)C1. The lowest BCUT2D eigenvalue weighted by molar-refractivity contribution is -0.115. The lowest BCUT2D eigenvalue weighted by atomic mass is 9.91. The average molecular weight is 151 g/mol. The second kappa shape index (κ2) is 3.48. The van der Waals surface area contributed by atoms with Crippen molar-refractivity contribution in [3.8, 4) is 0 Å². The highest BCUT2D eigenvalue weighted by Gasteiger charge is 2.15. The standard InChI is InChI=1S/C7H10BNO2/c1-6-2-7(11)4-9(3-6)8-5-10/h2,5,8H,3-4H2,1H3. The Labute approximate surface area is 66.3 Å². The van der Waals surface area contributed by atoms with Gasteiger partial charge in [0.25, 0.3) is 7.41 Å². The van der Waals surface area contributed by atoms with Crippen LogP contribution in [-0.2, 0) is 9.59 Å². The van der Waals surface area contributed by atoms with Gasteiger partial charge in [0.15, 0.2) is 5.78 Å². The Balaban J connectivity index is 2.56. The van der Waals surface area contributed by atoms with E-state index in [4.69, 9.17) is 0 Å². The van der Waals surface area contributed by atoms with Crippen molar-refractivity contribution in [2.45, 2.75) is 6.92 Å². The van der Waals surface area contributed by atoms with Crippen molar-refractivity contribution in [2.24, 2.45) is 0 Å². The van der Waals surface area contributed by atoms with Crippen molar-refractivity contribution in [3.05, 3.63) is 11.6 Å². The summed E-state index contributed by atoms with van der Waals surface area (Å²) in [5, 5.41) is 0. The zero-order valence-corrected chi connectivity index (χ0v) is 6.54. The lowest BCUT2D eigenvalue weighted by Crippen LogP contribution is -2.38. The molecule has 0 radical (unpaired) electrons. The first-order valence-corrected chi connectivity index (χ1v) is 3.58. The molecule has 0 amide bonds. The second-order valence-electron chi connectivity index (χ2n) is 2.79. The van der Waals surface area contributed by atoms with Crippen LogP contribution in [0.4, 0.5) is 0 Å². The molecule has 0 N–H and O–H groups in total. The van der Waals surface area contributed by atoms with Crippen LogP contribution in [-0.4, -0.2) is 37.3 Å². The van der Waals surface area contributed by atoms with Crippen LogP contribution in [0.3, 0.4) is 0 Å². The molecule has 1 aliphatic rings. The van der Waals surface area contributed by atoms with E-state index in [-0.39, 0.29) is 5.78 Å². The molecule has 1 aliphatic heterocycles. The maximum atomic E-state index is 10.9. The zero-order chi connectivity index (χ0) is 8.27. The molecule has 58 valence electrons. The molecule has 1 heterocycles. The molecule has 0 atom stereocenters. The number of hydrogen-bond acceptors (Lipinski definition) is 3. The summed E-state index contributed by atoms with van der Waals surface area (Å²) in [7, 11) is 0.358. The summed E-state index contributed by atoms with van der Waals surface area (Å²) >= 11 is 0. The van der Waals surface area contributed by atoms with Crippen LogP contribution in [0, 0.1) is 0 Å². The fourth-order valence-electron chi connectivity index (χ4n) is 1.23. The summed E-state index contributed by atoms with van der Waals surface area (Å²) in [5.41, 5.74) is 1.03. The Morgan fingerprint density at radius 1 is 1.64 bits per heavy atom. The Kier molecular flexibility index (Phi) is 2.60. The van der Waals surface area contributed by atoms with E-state index < -0.39 is 0 Å². The highest BCUT2D eigenvalue weighted by molar-refractivity contribution is 6.64. The third kappa shape index (κ3) is 2.31. The van der Waals surface area contributed by atoms with Crippen LogP contribution in [0.2, 0.25) is 0 Å². The minimum atomic E-state index is 0.0931. The molecule has 11 heavy (non-hydrogen) atoms. The molecule has 0 fully saturated rings. The summed E-state index contributed by atoms with van der Waals surface area (Å²) < 4.78 is 0. The number of nitrogens with zero attached hydrogens (tertiary/aromatic N) is 1. The van der Waals surface area contributed by atoms with Gasteiger partial charge in [0.2, 0.25) is 0 Å². The normalized spacial score (nSPS) is 19.4. The molecule has 0 saturated carbocycles. The third-order valence-electron chi connectivity index (χ3n) is 1.59. The van der Waals surface area contributed by atoms with Gasteiger partial charge in [-0.3, -0.25) is 4.79 Å². The molecule has 0 saturated heterocycles. The number of carbonyl (C=O) groups is 2. The maximum absolute atomic E-state index is 10.9. The van der Waals surface area contributed by atoms with E-state index >= 15 is 0 Å². The van der Waals surface area contributed by atoms with Gasteiger partial charge in [0.1, 0.15) is 0 Å². The number of hydrogen-bond donors (Lipinski definition) is 0. The Bertz CT molecular complexity index is 212. The smallest absolute Gasteiger partial charge is 0.281 e. The van der Waals surface area contributed by atoms with E-state index in [2.05, 4.69) is 0 Å². The average Bonchev–Trinajstić information content (AvgIpc) is 1.85. The zero-order valence-electron chi connectivity index (χ0n) is 6.54. The van der Waals surface area contributed by atoms with Crippen LogP contribution in [0.25, 0.3) is 0 Å². The molecule has 0 spiro atoms. The first-order valence-electron chi connectivity index (χ1n) is 3.58. The van der Waals surface area contributed by atoms with E-state index in [1.54, 1.807) is 6.08 Å². The summed E-state index contributed by atoms with van der Waals surface area (Å²) in [4.78, 5) is 22.9. The first kappa shape index (κ1) is 8.20. The van der Waals surface area contributed by atoms with Gasteiger partial charge < -0.3 is 9.61 Å². The summed E-state index contributed by atoms with van der Waals surface area (Å²) in [6.07, 6.45) is 2.47. The largest absolute Gasteiger partial charge is 0.328 e. The molecule has 1 rings (SSSR count). The topological polar surface area (TPSA) is 37.4 Å². The molecule has 0 aromatic rings. The highest BCUT2D eigenvalue weighted by atomic mass is 16.1. The minimum Gasteiger partial charge on any atom is -0.328 e. The van der Waals surface area contributed by atoms with Gasteiger partial charge in [0, 0.05) is 6.54 Å². The molecule has 0 aromatic heterocycles. The van der Waals surface area contributed by atoms with Crippen molar-refractivity contribution >= 4 is 19.4 Å². The first-order chi connectivity index (χ1) is 5.22. The number of ketones is 1. The van der Waals surface area contributed by atoms with Crippen molar-refractivity contribution in [3.63, 3.8) is 0 Å². The molecule has 3 nitrogen and oxygen atoms in total. The van der Waals surface area contributed by atoms with Crippen LogP contribution < -0.4 is 0 Å². The van der Waals surface area contributed by atoms with Crippen molar-refractivity contribution in [1.82, 2.24) is 4.81 Å². The Morgan fingerprint density at radius 2 is 2.36 bits per heavy atom. The molecule has 0 aromatic carbocycles. The third-order valence-corrected chi connectivity index (χ3v) is 1.59. The van der Waals surface area contributed by atoms with Gasteiger partial charge in [-0.2, -0.15) is 0 Å². The van der Waals surface area contributed by atoms with Gasteiger partial charge >= 0.3 is 0 Å². The van der Waals surface area contributed by atoms with E-state index in [0.717, 1.165) is 18.3 Å². The van der Waals surface area contributed by atoms with Crippen molar-refractivity contribution < 1.29 is 9.59 Å². The molecular formula is C7H10BNO2. The number of carbonyl (C=O) groups excluding carboxylic acids is 2. The minimum absolute atomic E-state index is 0.0931. The van der Waals surface area contributed by atoms with Crippen molar-refractivity contribution in [1.29, 1.82) is 0 Å². The van der Waals surface area contributed by atoms with Crippen molar-refractivity contribution in [2.75, 3.05) is 13.1 Å². The number of rotatable bonds is 2. The molecule has 0 aliphatic carbocycles.